The highest BCUT2D eigenvalue weighted by Crippen LogP contribution is 2.18. The molecule has 0 aliphatic heterocycles. The predicted molar refractivity (Wildman–Crippen MR) is 64.0 cm³/mol. The van der Waals surface area contributed by atoms with Crippen molar-refractivity contribution < 1.29 is 9.53 Å². The van der Waals surface area contributed by atoms with Crippen LogP contribution < -0.4 is 0 Å². The molecule has 0 N–H and O–H groups in total. The first-order chi connectivity index (χ1) is 7.67. The number of hydrogen-bond donors (Lipinski definition) is 0. The third kappa shape index (κ3) is 3.98. The van der Waals surface area contributed by atoms with E-state index >= 15 is 0 Å². The molecule has 1 heterocycles. The lowest BCUT2D eigenvalue weighted by Crippen LogP contribution is -2.07. The number of esters is 1. The largest absolute Gasteiger partial charge is 0.463 e. The number of rotatable bonds is 5. The van der Waals surface area contributed by atoms with E-state index in [1.54, 1.807) is 24.0 Å². The summed E-state index contributed by atoms with van der Waals surface area (Å²) in [5, 5.41) is 0.757. The summed E-state index contributed by atoms with van der Waals surface area (Å²) in [5.74, 6) is 1.45. The zero-order valence-corrected chi connectivity index (χ0v) is 10.7. The molecule has 0 aromatic carbocycles. The molecule has 1 atom stereocenters. The molecule has 1 aromatic rings. The normalized spacial score (nSPS) is 12.2. The van der Waals surface area contributed by atoms with Crippen LogP contribution in [0.15, 0.2) is 17.3 Å². The molecule has 1 unspecified atom stereocenters. The fourth-order valence-electron chi connectivity index (χ4n) is 0.884. The summed E-state index contributed by atoms with van der Waals surface area (Å²) in [4.78, 5) is 19.1. The number of alkyl halides is 1. The average molecular weight is 261 g/mol. The molecular weight excluding hydrogens is 248 g/mol. The van der Waals surface area contributed by atoms with Crippen LogP contribution in [-0.2, 0) is 4.74 Å². The number of carbonyl (C=O) groups is 1. The predicted octanol–water partition coefficient (Wildman–Crippen LogP) is 2.23. The van der Waals surface area contributed by atoms with Crippen LogP contribution in [0.3, 0.4) is 0 Å². The lowest BCUT2D eigenvalue weighted by atomic mass is 10.3. The molecule has 0 fully saturated rings. The number of ether oxygens (including phenoxy) is 1. The van der Waals surface area contributed by atoms with Gasteiger partial charge in [-0.15, -0.1) is 23.4 Å². The third-order valence-corrected chi connectivity index (χ3v) is 3.56. The lowest BCUT2D eigenvalue weighted by molar-refractivity contribution is 0.0585. The minimum atomic E-state index is -0.521. The Morgan fingerprint density at radius 1 is 1.69 bits per heavy atom. The van der Waals surface area contributed by atoms with Gasteiger partial charge < -0.3 is 4.74 Å². The van der Waals surface area contributed by atoms with Crippen LogP contribution in [0.25, 0.3) is 0 Å². The van der Waals surface area contributed by atoms with E-state index in [1.165, 1.54) is 7.11 Å². The summed E-state index contributed by atoms with van der Waals surface area (Å²) in [6.45, 7) is 2.06. The smallest absolute Gasteiger partial charge is 0.376 e. The Kier molecular flexibility index (Phi) is 5.55. The first kappa shape index (κ1) is 13.3. The molecule has 0 spiro atoms. The molecule has 6 heteroatoms. The number of aromatic nitrogens is 2. The van der Waals surface area contributed by atoms with Crippen molar-refractivity contribution in [3.8, 4) is 0 Å². The fourth-order valence-corrected chi connectivity index (χ4v) is 2.00. The molecule has 0 aliphatic rings. The fraction of sp³-hybridized carbons (Fsp3) is 0.500. The molecule has 1 rings (SSSR count). The van der Waals surface area contributed by atoms with Crippen molar-refractivity contribution in [3.63, 3.8) is 0 Å². The molecule has 88 valence electrons. The average Bonchev–Trinajstić information content (AvgIpc) is 2.35. The van der Waals surface area contributed by atoms with Gasteiger partial charge in [0.05, 0.1) is 7.11 Å². The van der Waals surface area contributed by atoms with E-state index < -0.39 is 5.97 Å². The summed E-state index contributed by atoms with van der Waals surface area (Å²) in [6.07, 6.45) is 1.55. The van der Waals surface area contributed by atoms with Crippen molar-refractivity contribution in [2.45, 2.75) is 11.9 Å². The quantitative estimate of drug-likeness (QED) is 0.352. The number of carbonyl (C=O) groups excluding carboxylic acids is 1. The number of nitrogens with zero attached hydrogens (tertiary/aromatic N) is 2. The summed E-state index contributed by atoms with van der Waals surface area (Å²) >= 11 is 7.25. The second-order valence-electron chi connectivity index (χ2n) is 3.28. The van der Waals surface area contributed by atoms with Crippen molar-refractivity contribution in [1.82, 2.24) is 9.97 Å². The molecule has 0 saturated carbocycles. The van der Waals surface area contributed by atoms with Crippen LogP contribution in [0, 0.1) is 5.92 Å². The highest BCUT2D eigenvalue weighted by atomic mass is 35.5. The van der Waals surface area contributed by atoms with Gasteiger partial charge in [-0.05, 0) is 12.0 Å². The monoisotopic (exact) mass is 260 g/mol. The van der Waals surface area contributed by atoms with E-state index in [2.05, 4.69) is 21.6 Å². The molecule has 0 saturated heterocycles. The zero-order chi connectivity index (χ0) is 12.0. The van der Waals surface area contributed by atoms with E-state index in [-0.39, 0.29) is 5.82 Å². The zero-order valence-electron chi connectivity index (χ0n) is 9.14. The van der Waals surface area contributed by atoms with Gasteiger partial charge in [0.25, 0.3) is 0 Å². The maximum atomic E-state index is 11.2. The Labute approximate surface area is 104 Å². The van der Waals surface area contributed by atoms with Crippen LogP contribution >= 0.6 is 23.4 Å². The number of methoxy groups -OCH3 is 1. The van der Waals surface area contributed by atoms with E-state index in [9.17, 15) is 4.79 Å². The molecule has 0 amide bonds. The van der Waals surface area contributed by atoms with E-state index in [0.717, 1.165) is 10.8 Å². The molecule has 1 aromatic heterocycles. The van der Waals surface area contributed by atoms with Gasteiger partial charge in [-0.3, -0.25) is 0 Å². The third-order valence-electron chi connectivity index (χ3n) is 1.78. The molecule has 0 bridgehead atoms. The van der Waals surface area contributed by atoms with Crippen molar-refractivity contribution in [2.75, 3.05) is 18.7 Å². The second-order valence-corrected chi connectivity index (χ2v) is 4.63. The van der Waals surface area contributed by atoms with Crippen molar-refractivity contribution >= 4 is 29.3 Å². The van der Waals surface area contributed by atoms with Crippen LogP contribution in [0.5, 0.6) is 0 Å². The summed E-state index contributed by atoms with van der Waals surface area (Å²) in [6, 6.07) is 1.76. The van der Waals surface area contributed by atoms with Gasteiger partial charge in [0.2, 0.25) is 5.82 Å². The van der Waals surface area contributed by atoms with E-state index in [0.29, 0.717) is 11.8 Å². The second kappa shape index (κ2) is 6.70. The van der Waals surface area contributed by atoms with Crippen LogP contribution in [-0.4, -0.2) is 34.7 Å². The van der Waals surface area contributed by atoms with E-state index in [4.69, 9.17) is 11.6 Å². The molecule has 4 nitrogen and oxygen atoms in total. The Hall–Kier alpha value is -0.810. The Morgan fingerprint density at radius 3 is 3.06 bits per heavy atom. The lowest BCUT2D eigenvalue weighted by Gasteiger charge is -2.06. The SMILES string of the molecule is COC(=O)c1nccc(SCC(C)CCl)n1. The van der Waals surface area contributed by atoms with Gasteiger partial charge >= 0.3 is 5.97 Å². The summed E-state index contributed by atoms with van der Waals surface area (Å²) in [7, 11) is 1.31. The molecule has 0 radical (unpaired) electrons. The minimum Gasteiger partial charge on any atom is -0.463 e. The van der Waals surface area contributed by atoms with Gasteiger partial charge in [0, 0.05) is 17.8 Å². The molecule has 16 heavy (non-hydrogen) atoms. The van der Waals surface area contributed by atoms with Crippen molar-refractivity contribution in [3.05, 3.63) is 18.1 Å². The number of thioether (sulfide) groups is 1. The Balaban J connectivity index is 2.64. The van der Waals surface area contributed by atoms with Gasteiger partial charge in [-0.25, -0.2) is 14.8 Å². The van der Waals surface area contributed by atoms with Gasteiger partial charge in [0.15, 0.2) is 0 Å². The number of hydrogen-bond acceptors (Lipinski definition) is 5. The van der Waals surface area contributed by atoms with Crippen molar-refractivity contribution in [1.29, 1.82) is 0 Å². The highest BCUT2D eigenvalue weighted by Gasteiger charge is 2.10. The van der Waals surface area contributed by atoms with Crippen LogP contribution in [0.4, 0.5) is 0 Å². The standard InChI is InChI=1S/C10H13ClN2O2S/c1-7(5-11)6-16-8-3-4-12-9(13-8)10(14)15-2/h3-4,7H,5-6H2,1-2H3. The highest BCUT2D eigenvalue weighted by molar-refractivity contribution is 7.99. The summed E-state index contributed by atoms with van der Waals surface area (Å²) < 4.78 is 4.54. The molecule has 0 aliphatic carbocycles. The maximum absolute atomic E-state index is 11.2. The first-order valence-electron chi connectivity index (χ1n) is 4.77. The Morgan fingerprint density at radius 2 is 2.44 bits per heavy atom. The van der Waals surface area contributed by atoms with Crippen LogP contribution in [0.2, 0.25) is 0 Å². The first-order valence-corrected chi connectivity index (χ1v) is 6.29. The van der Waals surface area contributed by atoms with E-state index in [1.807, 2.05) is 0 Å². The van der Waals surface area contributed by atoms with Crippen LogP contribution in [0.1, 0.15) is 17.5 Å². The van der Waals surface area contributed by atoms with Crippen molar-refractivity contribution in [2.24, 2.45) is 5.92 Å². The number of halogens is 1. The van der Waals surface area contributed by atoms with Gasteiger partial charge in [-0.2, -0.15) is 0 Å². The minimum absolute atomic E-state index is 0.0889. The Bertz CT molecular complexity index is 362. The summed E-state index contributed by atoms with van der Waals surface area (Å²) in [5.41, 5.74) is 0. The van der Waals surface area contributed by atoms with Gasteiger partial charge in [-0.1, -0.05) is 6.92 Å². The molecular formula is C10H13ClN2O2S. The topological polar surface area (TPSA) is 52.1 Å². The maximum Gasteiger partial charge on any atom is 0.376 e. The van der Waals surface area contributed by atoms with Gasteiger partial charge in [0.1, 0.15) is 5.03 Å².